The number of aryl methyl sites for hydroxylation is 1. The van der Waals surface area contributed by atoms with Crippen LogP contribution in [-0.4, -0.2) is 25.8 Å². The molecule has 0 unspecified atom stereocenters. The summed E-state index contributed by atoms with van der Waals surface area (Å²) in [7, 11) is -3.81. The highest BCUT2D eigenvalue weighted by molar-refractivity contribution is 7.89. The Hall–Kier alpha value is -2.68. The average Bonchev–Trinajstić information content (AvgIpc) is 3.31. The second-order valence-electron chi connectivity index (χ2n) is 8.28. The predicted octanol–water partition coefficient (Wildman–Crippen LogP) is 4.84. The van der Waals surface area contributed by atoms with E-state index in [-0.39, 0.29) is 18.0 Å². The largest absolute Gasteiger partial charge is 0.416 e. The van der Waals surface area contributed by atoms with Gasteiger partial charge in [-0.2, -0.15) is 17.5 Å². The van der Waals surface area contributed by atoms with Crippen molar-refractivity contribution in [2.45, 2.75) is 29.2 Å². The van der Waals surface area contributed by atoms with Crippen LogP contribution in [0, 0.1) is 6.92 Å². The van der Waals surface area contributed by atoms with Gasteiger partial charge in [0, 0.05) is 0 Å². The molecule has 0 aliphatic carbocycles. The van der Waals surface area contributed by atoms with Crippen LogP contribution in [0.25, 0.3) is 0 Å². The second-order valence-corrected chi connectivity index (χ2v) is 10.2. The number of rotatable bonds is 4. The van der Waals surface area contributed by atoms with Crippen molar-refractivity contribution < 1.29 is 26.3 Å². The molecule has 0 bridgehead atoms. The number of hydrogen-bond donors (Lipinski definition) is 0. The Labute approximate surface area is 184 Å². The Morgan fingerprint density at radius 3 is 1.88 bits per heavy atom. The predicted molar refractivity (Wildman–Crippen MR) is 112 cm³/mol. The number of sulfonamides is 1. The van der Waals surface area contributed by atoms with Crippen LogP contribution in [0.15, 0.2) is 83.8 Å². The van der Waals surface area contributed by atoms with E-state index in [1.54, 1.807) is 24.3 Å². The third kappa shape index (κ3) is 3.09. The van der Waals surface area contributed by atoms with Crippen LogP contribution in [0.4, 0.5) is 13.2 Å². The Bertz CT molecular complexity index is 1260. The van der Waals surface area contributed by atoms with Gasteiger partial charge in [0.15, 0.2) is 0 Å². The van der Waals surface area contributed by atoms with Crippen molar-refractivity contribution in [3.63, 3.8) is 0 Å². The maximum Gasteiger partial charge on any atom is 0.416 e. The van der Waals surface area contributed by atoms with Crippen LogP contribution in [0.2, 0.25) is 0 Å². The quantitative estimate of drug-likeness (QED) is 0.525. The van der Waals surface area contributed by atoms with Gasteiger partial charge in [-0.3, -0.25) is 0 Å². The number of fused-ring (bicyclic) bond motifs is 1. The van der Waals surface area contributed by atoms with Crippen molar-refractivity contribution in [3.05, 3.63) is 101 Å². The van der Waals surface area contributed by atoms with E-state index < -0.39 is 33.0 Å². The van der Waals surface area contributed by atoms with Crippen molar-refractivity contribution in [1.29, 1.82) is 0 Å². The first-order chi connectivity index (χ1) is 15.1. The first kappa shape index (κ1) is 21.2. The van der Waals surface area contributed by atoms with Gasteiger partial charge in [-0.05, 0) is 42.3 Å². The van der Waals surface area contributed by atoms with Crippen LogP contribution in [0.5, 0.6) is 0 Å². The Morgan fingerprint density at radius 1 is 0.812 bits per heavy atom. The molecule has 2 saturated heterocycles. The summed E-state index contributed by atoms with van der Waals surface area (Å²) in [4.78, 5) is 0.176. The summed E-state index contributed by atoms with van der Waals surface area (Å²) < 4.78 is 73.5. The van der Waals surface area contributed by atoms with Crippen molar-refractivity contribution in [3.8, 4) is 0 Å². The van der Waals surface area contributed by atoms with E-state index in [2.05, 4.69) is 0 Å². The fraction of sp³-hybridized carbons (Fsp3) is 0.250. The number of ether oxygens (including phenoxy) is 1. The lowest BCUT2D eigenvalue weighted by Crippen LogP contribution is -2.34. The normalized spacial score (nSPS) is 25.5. The van der Waals surface area contributed by atoms with Gasteiger partial charge < -0.3 is 4.74 Å². The first-order valence-corrected chi connectivity index (χ1v) is 11.5. The topological polar surface area (TPSA) is 49.9 Å². The van der Waals surface area contributed by atoms with Crippen molar-refractivity contribution >= 4 is 10.0 Å². The number of halogens is 3. The first-order valence-electron chi connectivity index (χ1n) is 10.1. The molecular weight excluding hydrogens is 439 g/mol. The summed E-state index contributed by atoms with van der Waals surface area (Å²) in [6.45, 7) is 1.97. The van der Waals surface area contributed by atoms with Crippen LogP contribution < -0.4 is 0 Å². The molecule has 2 heterocycles. The third-order valence-electron chi connectivity index (χ3n) is 6.33. The summed E-state index contributed by atoms with van der Waals surface area (Å²) in [5.41, 5.74) is -0.496. The molecule has 0 saturated carbocycles. The summed E-state index contributed by atoms with van der Waals surface area (Å²) in [6, 6.07) is 20.6. The number of hydrogen-bond acceptors (Lipinski definition) is 3. The van der Waals surface area contributed by atoms with Crippen molar-refractivity contribution in [2.24, 2.45) is 0 Å². The number of morpholine rings is 1. The minimum absolute atomic E-state index is 0.0173. The second kappa shape index (κ2) is 6.91. The van der Waals surface area contributed by atoms with Gasteiger partial charge in [0.25, 0.3) is 0 Å². The molecule has 32 heavy (non-hydrogen) atoms. The maximum atomic E-state index is 13.4. The fourth-order valence-electron chi connectivity index (χ4n) is 4.58. The summed E-state index contributed by atoms with van der Waals surface area (Å²) in [5.74, 6) is 0. The minimum atomic E-state index is -4.45. The SMILES string of the molecule is Cc1ccc(S(=O)(=O)N2C[C@@]3(c4ccc(C(F)(F)F)cc4)O[C@@]3(c3ccccc3)C2)cc1. The highest BCUT2D eigenvalue weighted by Crippen LogP contribution is 2.67. The highest BCUT2D eigenvalue weighted by Gasteiger charge is 2.77. The van der Waals surface area contributed by atoms with E-state index >= 15 is 0 Å². The van der Waals surface area contributed by atoms with E-state index in [4.69, 9.17) is 4.74 Å². The number of benzene rings is 3. The van der Waals surface area contributed by atoms with Gasteiger partial charge in [-0.1, -0.05) is 60.2 Å². The zero-order valence-corrected chi connectivity index (χ0v) is 18.0. The molecule has 4 nitrogen and oxygen atoms in total. The average molecular weight is 459 g/mol. The molecule has 5 rings (SSSR count). The molecular formula is C24H20F3NO3S. The molecule has 3 aromatic carbocycles. The molecule has 8 heteroatoms. The smallest absolute Gasteiger partial charge is 0.349 e. The molecule has 3 aromatic rings. The summed E-state index contributed by atoms with van der Waals surface area (Å²) in [5, 5.41) is 0. The molecule has 0 amide bonds. The lowest BCUT2D eigenvalue weighted by atomic mass is 9.84. The van der Waals surface area contributed by atoms with E-state index in [0.29, 0.717) is 5.56 Å². The van der Waals surface area contributed by atoms with E-state index in [1.165, 1.54) is 16.4 Å². The minimum Gasteiger partial charge on any atom is -0.349 e. The van der Waals surface area contributed by atoms with Gasteiger partial charge in [-0.15, -0.1) is 0 Å². The van der Waals surface area contributed by atoms with Crippen LogP contribution >= 0.6 is 0 Å². The molecule has 2 atom stereocenters. The zero-order valence-electron chi connectivity index (χ0n) is 17.1. The zero-order chi connectivity index (χ0) is 22.8. The third-order valence-corrected chi connectivity index (χ3v) is 8.14. The molecule has 0 aromatic heterocycles. The number of epoxide rings is 1. The molecule has 2 fully saturated rings. The maximum absolute atomic E-state index is 13.4. The van der Waals surface area contributed by atoms with E-state index in [1.807, 2.05) is 37.3 Å². The highest BCUT2D eigenvalue weighted by atomic mass is 32.2. The van der Waals surface area contributed by atoms with E-state index in [0.717, 1.165) is 23.3 Å². The van der Waals surface area contributed by atoms with Crippen molar-refractivity contribution in [2.75, 3.05) is 13.1 Å². The van der Waals surface area contributed by atoms with Gasteiger partial charge in [0.2, 0.25) is 10.0 Å². The van der Waals surface area contributed by atoms with Crippen LogP contribution in [0.1, 0.15) is 22.3 Å². The van der Waals surface area contributed by atoms with Crippen molar-refractivity contribution in [1.82, 2.24) is 4.31 Å². The standard InChI is InChI=1S/C24H20F3NO3S/c1-17-7-13-21(14-8-17)32(29,30)28-15-22(18-5-3-2-4-6-18)23(16-28,31-22)19-9-11-20(12-10-19)24(25,26)27/h2-14H,15-16H2,1H3/t22-,23+/m1/s1. The lowest BCUT2D eigenvalue weighted by molar-refractivity contribution is -0.137. The molecule has 2 aliphatic heterocycles. The molecule has 0 N–H and O–H groups in total. The monoisotopic (exact) mass is 459 g/mol. The molecule has 0 radical (unpaired) electrons. The number of nitrogens with zero attached hydrogens (tertiary/aromatic N) is 1. The van der Waals surface area contributed by atoms with E-state index in [9.17, 15) is 21.6 Å². The lowest BCUT2D eigenvalue weighted by Gasteiger charge is -2.21. The fourth-order valence-corrected chi connectivity index (χ4v) is 6.06. The molecule has 166 valence electrons. The van der Waals surface area contributed by atoms with Gasteiger partial charge >= 0.3 is 6.18 Å². The van der Waals surface area contributed by atoms with Gasteiger partial charge in [-0.25, -0.2) is 8.42 Å². The number of alkyl halides is 3. The Balaban J connectivity index is 1.57. The molecule has 0 spiro atoms. The van der Waals surface area contributed by atoms with Gasteiger partial charge in [0.05, 0.1) is 23.5 Å². The van der Waals surface area contributed by atoms with Gasteiger partial charge in [0.1, 0.15) is 11.2 Å². The Morgan fingerprint density at radius 2 is 1.34 bits per heavy atom. The summed E-state index contributed by atoms with van der Waals surface area (Å²) in [6.07, 6.45) is -4.45. The Kier molecular flexibility index (Phi) is 4.57. The van der Waals surface area contributed by atoms with Crippen LogP contribution in [-0.2, 0) is 32.1 Å². The molecule has 2 aliphatic rings. The summed E-state index contributed by atoms with van der Waals surface area (Å²) >= 11 is 0. The van der Waals surface area contributed by atoms with Crippen LogP contribution in [0.3, 0.4) is 0 Å².